The minimum Gasteiger partial charge on any atom is -0.368 e. The molecule has 1 aliphatic heterocycles. The molecule has 8 nitrogen and oxygen atoms in total. The van der Waals surface area contributed by atoms with Crippen LogP contribution in [0.2, 0.25) is 0 Å². The van der Waals surface area contributed by atoms with Crippen molar-refractivity contribution >= 4 is 29.0 Å². The molecule has 162 valence electrons. The number of hydrogen-bond donors (Lipinski definition) is 2. The highest BCUT2D eigenvalue weighted by atomic mass is 19.1. The summed E-state index contributed by atoms with van der Waals surface area (Å²) >= 11 is 0. The van der Waals surface area contributed by atoms with Crippen LogP contribution in [0.3, 0.4) is 0 Å². The van der Waals surface area contributed by atoms with Crippen LogP contribution in [-0.2, 0) is 22.4 Å². The lowest BCUT2D eigenvalue weighted by Crippen LogP contribution is -2.39. The lowest BCUT2D eigenvalue weighted by molar-refractivity contribution is -0.119. The number of aryl methyl sites for hydroxylation is 1. The van der Waals surface area contributed by atoms with Gasteiger partial charge in [-0.05, 0) is 55.7 Å². The third-order valence-corrected chi connectivity index (χ3v) is 5.73. The molecule has 2 heterocycles. The summed E-state index contributed by atoms with van der Waals surface area (Å²) in [4.78, 5) is 25.2. The first-order valence-corrected chi connectivity index (χ1v) is 10.4. The number of hydrogen-bond acceptors (Lipinski definition) is 5. The summed E-state index contributed by atoms with van der Waals surface area (Å²) in [6, 6.07) is 14.3. The maximum atomic E-state index is 13.3. The van der Waals surface area contributed by atoms with Gasteiger partial charge in [0.05, 0.1) is 17.1 Å². The van der Waals surface area contributed by atoms with E-state index in [4.69, 9.17) is 10.8 Å². The Morgan fingerprint density at radius 1 is 1.03 bits per heavy atom. The largest absolute Gasteiger partial charge is 0.368 e. The number of nitrogens with zero attached hydrogens (tertiary/aromatic N) is 4. The summed E-state index contributed by atoms with van der Waals surface area (Å²) in [7, 11) is 0. The molecule has 0 bridgehead atoms. The molecule has 3 N–H and O–H groups in total. The van der Waals surface area contributed by atoms with Crippen molar-refractivity contribution < 1.29 is 14.0 Å². The first kappa shape index (κ1) is 19.9. The van der Waals surface area contributed by atoms with E-state index >= 15 is 0 Å². The second-order valence-corrected chi connectivity index (χ2v) is 7.82. The van der Waals surface area contributed by atoms with Crippen LogP contribution in [0, 0.1) is 5.82 Å². The molecule has 2 aliphatic rings. The van der Waals surface area contributed by atoms with Crippen LogP contribution in [0.4, 0.5) is 15.9 Å². The molecule has 1 unspecified atom stereocenters. The van der Waals surface area contributed by atoms with Gasteiger partial charge in [0.15, 0.2) is 0 Å². The van der Waals surface area contributed by atoms with Crippen molar-refractivity contribution in [2.75, 3.05) is 10.3 Å². The molecule has 1 aromatic heterocycles. The molecule has 9 heteroatoms. The smallest absolute Gasteiger partial charge is 0.273 e. The topological polar surface area (TPSA) is 106 Å². The number of fused-ring (bicyclic) bond motifs is 1. The number of nitrogens with one attached hydrogen (secondary N) is 1. The van der Waals surface area contributed by atoms with Gasteiger partial charge >= 0.3 is 0 Å². The molecule has 0 spiro atoms. The lowest BCUT2D eigenvalue weighted by atomic mass is 10.1. The van der Waals surface area contributed by atoms with E-state index in [2.05, 4.69) is 10.4 Å². The molecule has 2 amide bonds. The zero-order chi connectivity index (χ0) is 22.2. The number of anilines is 2. The lowest BCUT2D eigenvalue weighted by Gasteiger charge is -2.20. The van der Waals surface area contributed by atoms with E-state index < -0.39 is 23.7 Å². The number of para-hydroxylation sites is 1. The van der Waals surface area contributed by atoms with Crippen LogP contribution >= 0.6 is 0 Å². The van der Waals surface area contributed by atoms with Crippen LogP contribution in [0.1, 0.15) is 24.1 Å². The molecule has 2 aromatic carbocycles. The van der Waals surface area contributed by atoms with Crippen molar-refractivity contribution in [2.24, 2.45) is 10.8 Å². The Labute approximate surface area is 183 Å². The first-order valence-electron chi connectivity index (χ1n) is 10.4. The van der Waals surface area contributed by atoms with Crippen LogP contribution < -0.4 is 16.1 Å². The molecule has 0 radical (unpaired) electrons. The highest BCUT2D eigenvalue weighted by Gasteiger charge is 2.36. The number of carbonyl (C=O) groups is 2. The van der Waals surface area contributed by atoms with Gasteiger partial charge in [-0.25, -0.2) is 9.07 Å². The Bertz CT molecular complexity index is 1220. The average Bonchev–Trinajstić information content (AvgIpc) is 3.51. The van der Waals surface area contributed by atoms with Crippen LogP contribution in [0.5, 0.6) is 0 Å². The molecule has 0 saturated carbocycles. The summed E-state index contributed by atoms with van der Waals surface area (Å²) < 4.78 is 15.1. The second kappa shape index (κ2) is 7.92. The normalized spacial score (nSPS) is 17.2. The first-order chi connectivity index (χ1) is 15.5. The van der Waals surface area contributed by atoms with Gasteiger partial charge in [-0.3, -0.25) is 14.6 Å². The van der Waals surface area contributed by atoms with E-state index in [-0.39, 0.29) is 12.1 Å². The Morgan fingerprint density at radius 2 is 1.78 bits per heavy atom. The molecule has 0 saturated heterocycles. The SMILES string of the molecule is NC(=O)C1CC(C(=O)Nc2c3c(nn2-c2ccccc2)CCC3)=NN1c1ccc(F)cc1. The minimum absolute atomic E-state index is 0.0558. The third-order valence-electron chi connectivity index (χ3n) is 5.73. The molecule has 1 atom stereocenters. The number of aromatic nitrogens is 2. The molecule has 1 aliphatic carbocycles. The zero-order valence-electron chi connectivity index (χ0n) is 17.2. The molecule has 5 rings (SSSR count). The van der Waals surface area contributed by atoms with Crippen molar-refractivity contribution in [1.29, 1.82) is 0 Å². The Morgan fingerprint density at radius 3 is 2.50 bits per heavy atom. The monoisotopic (exact) mass is 432 g/mol. The van der Waals surface area contributed by atoms with Gasteiger partial charge < -0.3 is 11.1 Å². The summed E-state index contributed by atoms with van der Waals surface area (Å²) in [5.41, 5.74) is 9.04. The van der Waals surface area contributed by atoms with Crippen molar-refractivity contribution in [2.45, 2.75) is 31.7 Å². The predicted octanol–water partition coefficient (Wildman–Crippen LogP) is 2.56. The summed E-state index contributed by atoms with van der Waals surface area (Å²) in [5, 5.41) is 13.4. The van der Waals surface area contributed by atoms with Crippen molar-refractivity contribution in [3.63, 3.8) is 0 Å². The van der Waals surface area contributed by atoms with Gasteiger partial charge in [0.2, 0.25) is 5.91 Å². The number of amides is 2. The van der Waals surface area contributed by atoms with Crippen molar-refractivity contribution in [1.82, 2.24) is 9.78 Å². The number of benzene rings is 2. The Balaban J connectivity index is 1.46. The standard InChI is InChI=1S/C23H21FN6O2/c24-14-9-11-16(12-10-14)29-20(21(25)31)13-19(28-29)23(32)26-22-17-7-4-8-18(17)27-30(22)15-5-2-1-3-6-15/h1-3,5-6,9-12,20H,4,7-8,13H2,(H2,25,31)(H,26,32). The molecular formula is C23H21FN6O2. The minimum atomic E-state index is -0.828. The molecule has 3 aromatic rings. The fourth-order valence-corrected chi connectivity index (χ4v) is 4.16. The summed E-state index contributed by atoms with van der Waals surface area (Å²) in [6.45, 7) is 0. The van der Waals surface area contributed by atoms with E-state index in [0.29, 0.717) is 11.5 Å². The Hall–Kier alpha value is -4.01. The highest BCUT2D eigenvalue weighted by molar-refractivity contribution is 6.44. The number of carbonyl (C=O) groups excluding carboxylic acids is 2. The zero-order valence-corrected chi connectivity index (χ0v) is 17.2. The molecular weight excluding hydrogens is 411 g/mol. The van der Waals surface area contributed by atoms with E-state index in [0.717, 1.165) is 36.2 Å². The number of hydrazone groups is 1. The fourth-order valence-electron chi connectivity index (χ4n) is 4.16. The van der Waals surface area contributed by atoms with Gasteiger partial charge in [0, 0.05) is 12.0 Å². The van der Waals surface area contributed by atoms with Gasteiger partial charge in [-0.15, -0.1) is 0 Å². The molecule has 32 heavy (non-hydrogen) atoms. The second-order valence-electron chi connectivity index (χ2n) is 7.82. The molecule has 0 fully saturated rings. The summed E-state index contributed by atoms with van der Waals surface area (Å²) in [5.74, 6) is -0.829. The van der Waals surface area contributed by atoms with Crippen LogP contribution in [0.15, 0.2) is 59.7 Å². The van der Waals surface area contributed by atoms with Gasteiger partial charge in [-0.2, -0.15) is 10.2 Å². The number of halogens is 1. The number of rotatable bonds is 5. The maximum absolute atomic E-state index is 13.3. The predicted molar refractivity (Wildman–Crippen MR) is 118 cm³/mol. The van der Waals surface area contributed by atoms with Crippen LogP contribution in [-0.4, -0.2) is 33.3 Å². The Kier molecular flexibility index (Phi) is 4.93. The quantitative estimate of drug-likeness (QED) is 0.646. The van der Waals surface area contributed by atoms with E-state index in [1.165, 1.54) is 29.3 Å². The van der Waals surface area contributed by atoms with Gasteiger partial charge in [-0.1, -0.05) is 18.2 Å². The van der Waals surface area contributed by atoms with E-state index in [1.807, 2.05) is 30.3 Å². The average molecular weight is 432 g/mol. The van der Waals surface area contributed by atoms with Crippen molar-refractivity contribution in [3.8, 4) is 5.69 Å². The number of primary amides is 1. The fraction of sp³-hybridized carbons (Fsp3) is 0.217. The summed E-state index contributed by atoms with van der Waals surface area (Å²) in [6.07, 6.45) is 2.73. The van der Waals surface area contributed by atoms with E-state index in [9.17, 15) is 14.0 Å². The highest BCUT2D eigenvalue weighted by Crippen LogP contribution is 2.31. The van der Waals surface area contributed by atoms with Crippen LogP contribution in [0.25, 0.3) is 5.69 Å². The third kappa shape index (κ3) is 3.51. The maximum Gasteiger partial charge on any atom is 0.273 e. The van der Waals surface area contributed by atoms with Gasteiger partial charge in [0.25, 0.3) is 5.91 Å². The number of nitrogens with two attached hydrogens (primary N) is 1. The van der Waals surface area contributed by atoms with E-state index in [1.54, 1.807) is 4.68 Å². The van der Waals surface area contributed by atoms with Gasteiger partial charge in [0.1, 0.15) is 23.4 Å². The van der Waals surface area contributed by atoms with Crippen molar-refractivity contribution in [3.05, 3.63) is 71.7 Å².